The van der Waals surface area contributed by atoms with Gasteiger partial charge in [0.05, 0.1) is 6.42 Å². The van der Waals surface area contributed by atoms with Gasteiger partial charge in [0.25, 0.3) is 0 Å². The first kappa shape index (κ1) is 15.4. The van der Waals surface area contributed by atoms with E-state index in [0.717, 1.165) is 37.4 Å². The van der Waals surface area contributed by atoms with Gasteiger partial charge in [0.15, 0.2) is 0 Å². The molecule has 23 heavy (non-hydrogen) atoms. The highest BCUT2D eigenvalue weighted by molar-refractivity contribution is 5.78. The third-order valence-electron chi connectivity index (χ3n) is 3.97. The van der Waals surface area contributed by atoms with Crippen molar-refractivity contribution < 1.29 is 9.18 Å². The highest BCUT2D eigenvalue weighted by Crippen LogP contribution is 2.15. The Balaban J connectivity index is 1.47. The number of nitrogens with one attached hydrogen (secondary N) is 1. The molecule has 0 unspecified atom stereocenters. The Bertz CT molecular complexity index is 639. The van der Waals surface area contributed by atoms with Crippen molar-refractivity contribution in [1.82, 2.24) is 15.3 Å². The lowest BCUT2D eigenvalue weighted by molar-refractivity contribution is -0.121. The molecule has 2 heterocycles. The molecule has 1 aromatic carbocycles. The number of aromatic nitrogens is 2. The largest absolute Gasteiger partial charge is 0.353 e. The van der Waals surface area contributed by atoms with E-state index < -0.39 is 0 Å². The van der Waals surface area contributed by atoms with Crippen LogP contribution in [-0.2, 0) is 11.2 Å². The van der Waals surface area contributed by atoms with E-state index in [1.54, 1.807) is 30.6 Å². The number of rotatable bonds is 4. The van der Waals surface area contributed by atoms with Gasteiger partial charge in [0, 0.05) is 31.5 Å². The molecule has 1 aliphatic heterocycles. The quantitative estimate of drug-likeness (QED) is 0.937. The van der Waals surface area contributed by atoms with Gasteiger partial charge in [-0.25, -0.2) is 14.4 Å². The Labute approximate surface area is 134 Å². The molecule has 3 rings (SSSR count). The number of halogens is 1. The van der Waals surface area contributed by atoms with E-state index in [0.29, 0.717) is 0 Å². The van der Waals surface area contributed by atoms with Gasteiger partial charge in [-0.1, -0.05) is 12.1 Å². The van der Waals surface area contributed by atoms with Crippen molar-refractivity contribution in [2.45, 2.75) is 25.3 Å². The number of amides is 1. The van der Waals surface area contributed by atoms with Crippen LogP contribution >= 0.6 is 0 Å². The van der Waals surface area contributed by atoms with Gasteiger partial charge in [-0.05, 0) is 36.6 Å². The van der Waals surface area contributed by atoms with E-state index in [1.165, 1.54) is 12.1 Å². The fraction of sp³-hybridized carbons (Fsp3) is 0.353. The van der Waals surface area contributed by atoms with Gasteiger partial charge in [-0.3, -0.25) is 4.79 Å². The van der Waals surface area contributed by atoms with Gasteiger partial charge in [0.1, 0.15) is 5.82 Å². The molecule has 5 nitrogen and oxygen atoms in total. The highest BCUT2D eigenvalue weighted by atomic mass is 19.1. The van der Waals surface area contributed by atoms with Crippen LogP contribution < -0.4 is 10.2 Å². The fourth-order valence-electron chi connectivity index (χ4n) is 2.74. The number of nitrogens with zero attached hydrogens (tertiary/aromatic N) is 3. The van der Waals surface area contributed by atoms with Crippen LogP contribution in [0.2, 0.25) is 0 Å². The molecule has 0 radical (unpaired) electrons. The van der Waals surface area contributed by atoms with E-state index in [4.69, 9.17) is 0 Å². The predicted molar refractivity (Wildman–Crippen MR) is 85.5 cm³/mol. The van der Waals surface area contributed by atoms with Crippen LogP contribution in [0.3, 0.4) is 0 Å². The molecule has 1 aromatic heterocycles. The number of anilines is 1. The highest BCUT2D eigenvalue weighted by Gasteiger charge is 2.22. The lowest BCUT2D eigenvalue weighted by Gasteiger charge is -2.32. The second kappa shape index (κ2) is 7.17. The van der Waals surface area contributed by atoms with Gasteiger partial charge in [-0.15, -0.1) is 0 Å². The standard InChI is InChI=1S/C17H19FN4O/c18-14-4-2-13(3-5-14)12-16(23)21-15-6-10-22(11-7-15)17-19-8-1-9-20-17/h1-5,8-9,15H,6-7,10-12H2,(H,21,23). The van der Waals surface area contributed by atoms with Crippen LogP contribution in [0.15, 0.2) is 42.7 Å². The third kappa shape index (κ3) is 4.25. The molecule has 6 heteroatoms. The van der Waals surface area contributed by atoms with Crippen LogP contribution in [0, 0.1) is 5.82 Å². The second-order valence-corrected chi connectivity index (χ2v) is 5.68. The number of carbonyl (C=O) groups is 1. The maximum atomic E-state index is 12.9. The lowest BCUT2D eigenvalue weighted by atomic mass is 10.0. The van der Waals surface area contributed by atoms with Crippen LogP contribution in [0.25, 0.3) is 0 Å². The van der Waals surface area contributed by atoms with E-state index in [1.807, 2.05) is 0 Å². The summed E-state index contributed by atoms with van der Waals surface area (Å²) in [4.78, 5) is 22.7. The summed E-state index contributed by atoms with van der Waals surface area (Å²) < 4.78 is 12.9. The minimum Gasteiger partial charge on any atom is -0.353 e. The molecular weight excluding hydrogens is 295 g/mol. The van der Waals surface area contributed by atoms with Crippen molar-refractivity contribution in [2.24, 2.45) is 0 Å². The maximum Gasteiger partial charge on any atom is 0.225 e. The molecule has 1 amide bonds. The Kier molecular flexibility index (Phi) is 4.80. The van der Waals surface area contributed by atoms with E-state index in [2.05, 4.69) is 20.2 Å². The summed E-state index contributed by atoms with van der Waals surface area (Å²) in [5.41, 5.74) is 0.819. The minimum absolute atomic E-state index is 0.0222. The van der Waals surface area contributed by atoms with Crippen LogP contribution in [0.1, 0.15) is 18.4 Å². The summed E-state index contributed by atoms with van der Waals surface area (Å²) in [7, 11) is 0. The topological polar surface area (TPSA) is 58.1 Å². The zero-order valence-electron chi connectivity index (χ0n) is 12.8. The molecule has 0 atom stereocenters. The Morgan fingerprint density at radius 2 is 1.83 bits per heavy atom. The monoisotopic (exact) mass is 314 g/mol. The Morgan fingerprint density at radius 1 is 1.17 bits per heavy atom. The molecule has 1 N–H and O–H groups in total. The van der Waals surface area contributed by atoms with Crippen LogP contribution in [-0.4, -0.2) is 35.0 Å². The Hall–Kier alpha value is -2.50. The van der Waals surface area contributed by atoms with Crippen molar-refractivity contribution in [3.05, 3.63) is 54.1 Å². The van der Waals surface area contributed by atoms with Crippen molar-refractivity contribution >= 4 is 11.9 Å². The molecule has 1 aliphatic rings. The van der Waals surface area contributed by atoms with Crippen molar-refractivity contribution in [1.29, 1.82) is 0 Å². The molecule has 1 fully saturated rings. The third-order valence-corrected chi connectivity index (χ3v) is 3.97. The minimum atomic E-state index is -0.287. The smallest absolute Gasteiger partial charge is 0.225 e. The normalized spacial score (nSPS) is 15.4. The summed E-state index contributed by atoms with van der Waals surface area (Å²) in [5, 5.41) is 3.05. The SMILES string of the molecule is O=C(Cc1ccc(F)cc1)NC1CCN(c2ncccn2)CC1. The molecule has 0 aliphatic carbocycles. The number of hydrogen-bond donors (Lipinski definition) is 1. The summed E-state index contributed by atoms with van der Waals surface area (Å²) in [6, 6.07) is 8.01. The second-order valence-electron chi connectivity index (χ2n) is 5.68. The molecule has 2 aromatic rings. The van der Waals surface area contributed by atoms with Crippen LogP contribution in [0.5, 0.6) is 0 Å². The first-order chi connectivity index (χ1) is 11.2. The predicted octanol–water partition coefficient (Wildman–Crippen LogP) is 1.94. The summed E-state index contributed by atoms with van der Waals surface area (Å²) in [5.74, 6) is 0.430. The fourth-order valence-corrected chi connectivity index (χ4v) is 2.74. The molecular formula is C17H19FN4O. The average Bonchev–Trinajstić information content (AvgIpc) is 2.58. The van der Waals surface area contributed by atoms with Gasteiger partial charge < -0.3 is 10.2 Å². The van der Waals surface area contributed by atoms with Crippen molar-refractivity contribution in [3.63, 3.8) is 0 Å². The molecule has 120 valence electrons. The van der Waals surface area contributed by atoms with Crippen molar-refractivity contribution in [3.8, 4) is 0 Å². The first-order valence-corrected chi connectivity index (χ1v) is 7.76. The number of carbonyl (C=O) groups excluding carboxylic acids is 1. The molecule has 0 spiro atoms. The maximum absolute atomic E-state index is 12.9. The Morgan fingerprint density at radius 3 is 2.48 bits per heavy atom. The number of hydrogen-bond acceptors (Lipinski definition) is 4. The van der Waals surface area contributed by atoms with E-state index >= 15 is 0 Å². The lowest BCUT2D eigenvalue weighted by Crippen LogP contribution is -2.45. The number of piperidine rings is 1. The number of benzene rings is 1. The van der Waals surface area contributed by atoms with E-state index in [-0.39, 0.29) is 24.2 Å². The summed E-state index contributed by atoms with van der Waals surface area (Å²) in [6.07, 6.45) is 5.49. The summed E-state index contributed by atoms with van der Waals surface area (Å²) >= 11 is 0. The van der Waals surface area contributed by atoms with Gasteiger partial charge in [-0.2, -0.15) is 0 Å². The zero-order chi connectivity index (χ0) is 16.1. The average molecular weight is 314 g/mol. The molecule has 0 saturated carbocycles. The molecule has 1 saturated heterocycles. The molecule has 0 bridgehead atoms. The van der Waals surface area contributed by atoms with Crippen LogP contribution in [0.4, 0.5) is 10.3 Å². The van der Waals surface area contributed by atoms with Gasteiger partial charge >= 0.3 is 0 Å². The van der Waals surface area contributed by atoms with Gasteiger partial charge in [0.2, 0.25) is 11.9 Å². The van der Waals surface area contributed by atoms with Crippen molar-refractivity contribution in [2.75, 3.05) is 18.0 Å². The van der Waals surface area contributed by atoms with E-state index in [9.17, 15) is 9.18 Å². The first-order valence-electron chi connectivity index (χ1n) is 7.76. The zero-order valence-corrected chi connectivity index (χ0v) is 12.8. The summed E-state index contributed by atoms with van der Waals surface area (Å²) in [6.45, 7) is 1.65.